The molecule has 1 saturated carbocycles. The number of primary amides is 1. The monoisotopic (exact) mass is 266 g/mol. The van der Waals surface area contributed by atoms with E-state index >= 15 is 0 Å². The molecule has 2 unspecified atom stereocenters. The van der Waals surface area contributed by atoms with Gasteiger partial charge in [-0.1, -0.05) is 0 Å². The molecule has 7 nitrogen and oxygen atoms in total. The van der Waals surface area contributed by atoms with Crippen LogP contribution in [-0.2, 0) is 11.8 Å². The predicted octanol–water partition coefficient (Wildman–Crippen LogP) is 0.493. The minimum atomic E-state index is -0.763. The van der Waals surface area contributed by atoms with E-state index in [0.29, 0.717) is 29.9 Å². The Bertz CT molecular complexity index is 523. The van der Waals surface area contributed by atoms with Crippen LogP contribution in [0.25, 0.3) is 0 Å². The summed E-state index contributed by atoms with van der Waals surface area (Å²) in [5, 5.41) is 16.3. The number of anilines is 1. The summed E-state index contributed by atoms with van der Waals surface area (Å²) in [6, 6.07) is 0.0361. The molecule has 0 radical (unpaired) electrons. The third-order valence-corrected chi connectivity index (χ3v) is 3.59. The summed E-state index contributed by atoms with van der Waals surface area (Å²) < 4.78 is 1.57. The third kappa shape index (κ3) is 2.54. The van der Waals surface area contributed by atoms with Gasteiger partial charge in [0.1, 0.15) is 11.4 Å². The van der Waals surface area contributed by atoms with Crippen LogP contribution in [0.5, 0.6) is 0 Å². The van der Waals surface area contributed by atoms with E-state index in [1.165, 1.54) is 0 Å². The van der Waals surface area contributed by atoms with Gasteiger partial charge in [-0.15, -0.1) is 0 Å². The normalized spacial score (nSPS) is 22.4. The smallest absolute Gasteiger partial charge is 0.306 e. The highest BCUT2D eigenvalue weighted by molar-refractivity contribution is 5.99. The van der Waals surface area contributed by atoms with Gasteiger partial charge in [-0.25, -0.2) is 0 Å². The Hall–Kier alpha value is -2.05. The summed E-state index contributed by atoms with van der Waals surface area (Å²) in [5.41, 5.74) is 6.30. The number of aryl methyl sites for hydroxylation is 2. The Morgan fingerprint density at radius 3 is 2.68 bits per heavy atom. The van der Waals surface area contributed by atoms with Crippen LogP contribution in [0.4, 0.5) is 5.82 Å². The average molecular weight is 266 g/mol. The minimum absolute atomic E-state index is 0.0361. The fourth-order valence-electron chi connectivity index (χ4n) is 2.65. The molecule has 0 aliphatic heterocycles. The van der Waals surface area contributed by atoms with Gasteiger partial charge in [0.2, 0.25) is 0 Å². The van der Waals surface area contributed by atoms with E-state index in [4.69, 9.17) is 10.8 Å². The molecule has 104 valence electrons. The number of carbonyl (C=O) groups is 2. The average Bonchev–Trinajstić information content (AvgIpc) is 2.85. The number of aromatic nitrogens is 2. The van der Waals surface area contributed by atoms with Crippen LogP contribution < -0.4 is 11.1 Å². The number of rotatable bonds is 4. The summed E-state index contributed by atoms with van der Waals surface area (Å²) in [4.78, 5) is 22.4. The number of amides is 1. The Morgan fingerprint density at radius 1 is 1.47 bits per heavy atom. The molecule has 0 saturated heterocycles. The van der Waals surface area contributed by atoms with Crippen molar-refractivity contribution in [2.45, 2.75) is 32.2 Å². The molecule has 1 amide bonds. The van der Waals surface area contributed by atoms with Gasteiger partial charge in [-0.05, 0) is 26.2 Å². The second-order valence-corrected chi connectivity index (χ2v) is 4.99. The van der Waals surface area contributed by atoms with Gasteiger partial charge in [-0.2, -0.15) is 5.10 Å². The number of carbonyl (C=O) groups excluding carboxylic acids is 1. The molecule has 19 heavy (non-hydrogen) atoms. The molecule has 0 spiro atoms. The number of carboxylic acid groups (broad SMARTS) is 1. The molecule has 1 aromatic heterocycles. The Labute approximate surface area is 110 Å². The van der Waals surface area contributed by atoms with Gasteiger partial charge in [0.25, 0.3) is 5.91 Å². The van der Waals surface area contributed by atoms with E-state index in [0.717, 1.165) is 6.42 Å². The molecular weight excluding hydrogens is 248 g/mol. The van der Waals surface area contributed by atoms with Crippen molar-refractivity contribution in [3.05, 3.63) is 11.3 Å². The molecule has 0 aromatic carbocycles. The Kier molecular flexibility index (Phi) is 3.46. The highest BCUT2D eigenvalue weighted by Gasteiger charge is 2.31. The first-order valence-electron chi connectivity index (χ1n) is 6.23. The van der Waals surface area contributed by atoms with E-state index in [-0.39, 0.29) is 12.0 Å². The largest absolute Gasteiger partial charge is 0.481 e. The first kappa shape index (κ1) is 13.4. The first-order chi connectivity index (χ1) is 8.90. The number of nitrogens with two attached hydrogens (primary N) is 1. The van der Waals surface area contributed by atoms with Crippen LogP contribution in [0.3, 0.4) is 0 Å². The lowest BCUT2D eigenvalue weighted by molar-refractivity contribution is -0.141. The van der Waals surface area contributed by atoms with Crippen molar-refractivity contribution in [1.29, 1.82) is 0 Å². The Balaban J connectivity index is 2.16. The zero-order valence-electron chi connectivity index (χ0n) is 11.0. The third-order valence-electron chi connectivity index (χ3n) is 3.59. The topological polar surface area (TPSA) is 110 Å². The van der Waals surface area contributed by atoms with Crippen molar-refractivity contribution in [1.82, 2.24) is 9.78 Å². The maximum atomic E-state index is 11.4. The molecule has 2 rings (SSSR count). The lowest BCUT2D eigenvalue weighted by Gasteiger charge is -2.15. The summed E-state index contributed by atoms with van der Waals surface area (Å²) in [7, 11) is 1.73. The van der Waals surface area contributed by atoms with Crippen LogP contribution in [-0.4, -0.2) is 32.8 Å². The highest BCUT2D eigenvalue weighted by atomic mass is 16.4. The van der Waals surface area contributed by atoms with Gasteiger partial charge >= 0.3 is 5.97 Å². The molecule has 4 N–H and O–H groups in total. The van der Waals surface area contributed by atoms with Gasteiger partial charge in [0.15, 0.2) is 0 Å². The van der Waals surface area contributed by atoms with Crippen LogP contribution in [0.1, 0.15) is 35.3 Å². The molecule has 1 aliphatic carbocycles. The summed E-state index contributed by atoms with van der Waals surface area (Å²) in [5.74, 6) is -1.04. The molecule has 1 aliphatic rings. The van der Waals surface area contributed by atoms with Crippen LogP contribution >= 0.6 is 0 Å². The van der Waals surface area contributed by atoms with E-state index in [1.54, 1.807) is 18.7 Å². The van der Waals surface area contributed by atoms with E-state index in [9.17, 15) is 9.59 Å². The zero-order chi connectivity index (χ0) is 14.2. The van der Waals surface area contributed by atoms with Crippen LogP contribution in [0.15, 0.2) is 0 Å². The standard InChI is InChI=1S/C12H18N4O3/c1-6-9(10(13)17)11(16(2)15-6)14-8-4-3-7(5-8)12(18)19/h7-8,14H,3-5H2,1-2H3,(H2,13,17)(H,18,19). The van der Waals surface area contributed by atoms with Crippen molar-refractivity contribution >= 4 is 17.7 Å². The number of aliphatic carboxylic acids is 1. The SMILES string of the molecule is Cc1nn(C)c(NC2CCC(C(=O)O)C2)c1C(N)=O. The minimum Gasteiger partial charge on any atom is -0.481 e. The van der Waals surface area contributed by atoms with E-state index < -0.39 is 11.9 Å². The highest BCUT2D eigenvalue weighted by Crippen LogP contribution is 2.29. The number of hydrogen-bond donors (Lipinski definition) is 3. The van der Waals surface area contributed by atoms with Crippen molar-refractivity contribution < 1.29 is 14.7 Å². The number of carboxylic acids is 1. The van der Waals surface area contributed by atoms with Crippen LogP contribution in [0.2, 0.25) is 0 Å². The second-order valence-electron chi connectivity index (χ2n) is 4.99. The van der Waals surface area contributed by atoms with Gasteiger partial charge in [0, 0.05) is 13.1 Å². The lowest BCUT2D eigenvalue weighted by Crippen LogP contribution is -2.22. The molecular formula is C12H18N4O3. The quantitative estimate of drug-likeness (QED) is 0.734. The molecule has 1 aromatic rings. The molecule has 7 heteroatoms. The van der Waals surface area contributed by atoms with Gasteiger partial charge in [-0.3, -0.25) is 14.3 Å². The van der Waals surface area contributed by atoms with E-state index in [2.05, 4.69) is 10.4 Å². The molecule has 2 atom stereocenters. The predicted molar refractivity (Wildman–Crippen MR) is 68.9 cm³/mol. The molecule has 1 heterocycles. The van der Waals surface area contributed by atoms with Crippen molar-refractivity contribution in [3.63, 3.8) is 0 Å². The fourth-order valence-corrected chi connectivity index (χ4v) is 2.65. The maximum Gasteiger partial charge on any atom is 0.306 e. The first-order valence-corrected chi connectivity index (χ1v) is 6.23. The molecule has 0 bridgehead atoms. The number of nitrogens with zero attached hydrogens (tertiary/aromatic N) is 2. The number of nitrogens with one attached hydrogen (secondary N) is 1. The number of hydrogen-bond acceptors (Lipinski definition) is 4. The van der Waals surface area contributed by atoms with Gasteiger partial charge in [0.05, 0.1) is 11.6 Å². The van der Waals surface area contributed by atoms with Crippen LogP contribution in [0, 0.1) is 12.8 Å². The zero-order valence-corrected chi connectivity index (χ0v) is 11.0. The summed E-state index contributed by atoms with van der Waals surface area (Å²) in [6.07, 6.45) is 1.97. The van der Waals surface area contributed by atoms with Gasteiger partial charge < -0.3 is 16.2 Å². The second kappa shape index (κ2) is 4.91. The Morgan fingerprint density at radius 2 is 2.16 bits per heavy atom. The van der Waals surface area contributed by atoms with E-state index in [1.807, 2.05) is 0 Å². The van der Waals surface area contributed by atoms with Crippen molar-refractivity contribution in [2.24, 2.45) is 18.7 Å². The van der Waals surface area contributed by atoms with Crippen molar-refractivity contribution in [2.75, 3.05) is 5.32 Å². The summed E-state index contributed by atoms with van der Waals surface area (Å²) in [6.45, 7) is 1.72. The van der Waals surface area contributed by atoms with Crippen molar-refractivity contribution in [3.8, 4) is 0 Å². The fraction of sp³-hybridized carbons (Fsp3) is 0.583. The molecule has 1 fully saturated rings. The summed E-state index contributed by atoms with van der Waals surface area (Å²) >= 11 is 0. The lowest BCUT2D eigenvalue weighted by atomic mass is 10.1. The maximum absolute atomic E-state index is 11.4.